The van der Waals surface area contributed by atoms with Gasteiger partial charge in [-0.2, -0.15) is 0 Å². The fraction of sp³-hybridized carbons (Fsp3) is 0.385. The minimum Gasteiger partial charge on any atom is -0.319 e. The fourth-order valence-electron chi connectivity index (χ4n) is 1.87. The number of nitrogens with two attached hydrogens (primary N) is 1. The van der Waals surface area contributed by atoms with Crippen molar-refractivity contribution in [1.82, 2.24) is 15.0 Å². The van der Waals surface area contributed by atoms with Crippen LogP contribution in [0.2, 0.25) is 5.02 Å². The second-order valence-corrected chi connectivity index (χ2v) is 4.78. The quantitative estimate of drug-likeness (QED) is 0.924. The molecule has 96 valence electrons. The van der Waals surface area contributed by atoms with Gasteiger partial charge in [-0.3, -0.25) is 0 Å². The number of aryl methyl sites for hydroxylation is 2. The molecule has 0 aliphatic rings. The minimum atomic E-state index is -0.246. The van der Waals surface area contributed by atoms with Crippen LogP contribution in [0.5, 0.6) is 0 Å². The molecule has 1 heterocycles. The van der Waals surface area contributed by atoms with Gasteiger partial charge in [-0.25, -0.2) is 4.68 Å². The second kappa shape index (κ2) is 5.50. The first-order chi connectivity index (χ1) is 8.63. The van der Waals surface area contributed by atoms with E-state index in [0.717, 1.165) is 34.8 Å². The molecule has 1 aromatic heterocycles. The first kappa shape index (κ1) is 13.1. The molecule has 1 atom stereocenters. The average Bonchev–Trinajstić information content (AvgIpc) is 2.80. The van der Waals surface area contributed by atoms with Crippen molar-refractivity contribution in [3.05, 3.63) is 46.2 Å². The third kappa shape index (κ3) is 2.54. The summed E-state index contributed by atoms with van der Waals surface area (Å²) >= 11 is 6.13. The fourth-order valence-corrected chi connectivity index (χ4v) is 2.05. The van der Waals surface area contributed by atoms with Gasteiger partial charge in [-0.1, -0.05) is 35.9 Å². The highest BCUT2D eigenvalue weighted by atomic mass is 35.5. The zero-order valence-electron chi connectivity index (χ0n) is 10.6. The largest absolute Gasteiger partial charge is 0.319 e. The maximum Gasteiger partial charge on any atom is 0.0799 e. The maximum atomic E-state index is 6.25. The first-order valence-electron chi connectivity index (χ1n) is 6.03. The lowest BCUT2D eigenvalue weighted by atomic mass is 10.0. The van der Waals surface area contributed by atoms with Crippen molar-refractivity contribution in [3.63, 3.8) is 0 Å². The van der Waals surface area contributed by atoms with Crippen molar-refractivity contribution < 1.29 is 0 Å². The van der Waals surface area contributed by atoms with E-state index in [9.17, 15) is 0 Å². The molecule has 0 radical (unpaired) electrons. The van der Waals surface area contributed by atoms with Crippen molar-refractivity contribution in [2.45, 2.75) is 32.9 Å². The Hall–Kier alpha value is -1.39. The van der Waals surface area contributed by atoms with Gasteiger partial charge in [0, 0.05) is 11.6 Å². The van der Waals surface area contributed by atoms with E-state index in [2.05, 4.69) is 17.2 Å². The topological polar surface area (TPSA) is 56.7 Å². The van der Waals surface area contributed by atoms with Gasteiger partial charge in [-0.15, -0.1) is 5.10 Å². The molecule has 2 rings (SSSR count). The molecular weight excluding hydrogens is 248 g/mol. The molecular formula is C13H17ClN4. The lowest BCUT2D eigenvalue weighted by Gasteiger charge is -2.14. The van der Waals surface area contributed by atoms with Crippen LogP contribution in [0, 0.1) is 6.92 Å². The predicted octanol–water partition coefficient (Wildman–Crippen LogP) is 2.70. The van der Waals surface area contributed by atoms with Gasteiger partial charge in [0.05, 0.1) is 17.9 Å². The molecule has 0 aliphatic carbocycles. The predicted molar refractivity (Wildman–Crippen MR) is 72.5 cm³/mol. The molecule has 1 aromatic carbocycles. The van der Waals surface area contributed by atoms with Gasteiger partial charge >= 0.3 is 0 Å². The van der Waals surface area contributed by atoms with E-state index in [1.54, 1.807) is 6.20 Å². The maximum absolute atomic E-state index is 6.25. The van der Waals surface area contributed by atoms with Gasteiger partial charge in [0.2, 0.25) is 0 Å². The van der Waals surface area contributed by atoms with Crippen LogP contribution >= 0.6 is 11.6 Å². The Kier molecular flexibility index (Phi) is 3.99. The molecule has 5 heteroatoms. The Morgan fingerprint density at radius 1 is 1.44 bits per heavy atom. The van der Waals surface area contributed by atoms with Gasteiger partial charge in [0.15, 0.2) is 0 Å². The normalized spacial score (nSPS) is 12.7. The lowest BCUT2D eigenvalue weighted by Crippen LogP contribution is -2.17. The summed E-state index contributed by atoms with van der Waals surface area (Å²) in [5.41, 5.74) is 9.19. The highest BCUT2D eigenvalue weighted by Gasteiger charge is 2.15. The summed E-state index contributed by atoms with van der Waals surface area (Å²) in [6.07, 6.45) is 2.71. The molecule has 0 spiro atoms. The smallest absolute Gasteiger partial charge is 0.0799 e. The number of rotatable bonds is 4. The van der Waals surface area contributed by atoms with Gasteiger partial charge in [0.1, 0.15) is 0 Å². The van der Waals surface area contributed by atoms with Crippen LogP contribution in [0.25, 0.3) is 0 Å². The molecule has 0 saturated carbocycles. The standard InChI is InChI=1S/C13H17ClN4/c1-3-6-18-12(8-16-17-18)13(15)10-5-4-9(2)11(14)7-10/h4-5,7-8,13H,3,6,15H2,1-2H3. The zero-order valence-corrected chi connectivity index (χ0v) is 11.4. The average molecular weight is 265 g/mol. The molecule has 18 heavy (non-hydrogen) atoms. The summed E-state index contributed by atoms with van der Waals surface area (Å²) in [7, 11) is 0. The van der Waals surface area contributed by atoms with Crippen LogP contribution in [0.15, 0.2) is 24.4 Å². The number of nitrogens with zero attached hydrogens (tertiary/aromatic N) is 3. The third-order valence-corrected chi connectivity index (χ3v) is 3.36. The van der Waals surface area contributed by atoms with Crippen LogP contribution in [0.4, 0.5) is 0 Å². The van der Waals surface area contributed by atoms with Crippen molar-refractivity contribution in [3.8, 4) is 0 Å². The Bertz CT molecular complexity index is 536. The van der Waals surface area contributed by atoms with Crippen molar-refractivity contribution >= 4 is 11.6 Å². The van der Waals surface area contributed by atoms with Gasteiger partial charge in [-0.05, 0) is 30.5 Å². The number of hydrogen-bond donors (Lipinski definition) is 1. The van der Waals surface area contributed by atoms with Crippen LogP contribution in [0.3, 0.4) is 0 Å². The highest BCUT2D eigenvalue weighted by Crippen LogP contribution is 2.24. The Morgan fingerprint density at radius 2 is 2.22 bits per heavy atom. The summed E-state index contributed by atoms with van der Waals surface area (Å²) in [6.45, 7) is 4.89. The van der Waals surface area contributed by atoms with Crippen molar-refractivity contribution in [1.29, 1.82) is 0 Å². The first-order valence-corrected chi connectivity index (χ1v) is 6.41. The molecule has 4 nitrogen and oxygen atoms in total. The number of halogens is 1. The molecule has 0 saturated heterocycles. The molecule has 1 unspecified atom stereocenters. The Balaban J connectivity index is 2.32. The highest BCUT2D eigenvalue weighted by molar-refractivity contribution is 6.31. The lowest BCUT2D eigenvalue weighted by molar-refractivity contribution is 0.543. The number of benzene rings is 1. The van der Waals surface area contributed by atoms with Crippen LogP contribution in [-0.2, 0) is 6.54 Å². The summed E-state index contributed by atoms with van der Waals surface area (Å²) in [5, 5.41) is 8.71. The molecule has 0 aliphatic heterocycles. The third-order valence-electron chi connectivity index (χ3n) is 2.96. The van der Waals surface area contributed by atoms with Crippen molar-refractivity contribution in [2.24, 2.45) is 5.73 Å². The van der Waals surface area contributed by atoms with E-state index in [0.29, 0.717) is 0 Å². The monoisotopic (exact) mass is 264 g/mol. The summed E-state index contributed by atoms with van der Waals surface area (Å²) < 4.78 is 1.85. The van der Waals surface area contributed by atoms with E-state index in [1.807, 2.05) is 29.8 Å². The summed E-state index contributed by atoms with van der Waals surface area (Å²) in [5.74, 6) is 0. The number of aromatic nitrogens is 3. The van der Waals surface area contributed by atoms with Gasteiger partial charge < -0.3 is 5.73 Å². The van der Waals surface area contributed by atoms with Gasteiger partial charge in [0.25, 0.3) is 0 Å². The summed E-state index contributed by atoms with van der Waals surface area (Å²) in [4.78, 5) is 0. The molecule has 0 bridgehead atoms. The minimum absolute atomic E-state index is 0.246. The van der Waals surface area contributed by atoms with Crippen LogP contribution in [0.1, 0.15) is 36.2 Å². The number of hydrogen-bond acceptors (Lipinski definition) is 3. The van der Waals surface area contributed by atoms with Crippen LogP contribution in [-0.4, -0.2) is 15.0 Å². The zero-order chi connectivity index (χ0) is 13.1. The molecule has 0 amide bonds. The molecule has 2 N–H and O–H groups in total. The van der Waals surface area contributed by atoms with E-state index in [-0.39, 0.29) is 6.04 Å². The summed E-state index contributed by atoms with van der Waals surface area (Å²) in [6, 6.07) is 5.63. The second-order valence-electron chi connectivity index (χ2n) is 4.37. The molecule has 0 fully saturated rings. The van der Waals surface area contributed by atoms with Crippen LogP contribution < -0.4 is 5.73 Å². The Morgan fingerprint density at radius 3 is 2.89 bits per heavy atom. The Labute approximate surface area is 112 Å². The van der Waals surface area contributed by atoms with E-state index in [4.69, 9.17) is 17.3 Å². The van der Waals surface area contributed by atoms with E-state index in [1.165, 1.54) is 0 Å². The molecule has 2 aromatic rings. The van der Waals surface area contributed by atoms with E-state index < -0.39 is 0 Å². The van der Waals surface area contributed by atoms with Crippen molar-refractivity contribution in [2.75, 3.05) is 0 Å². The SMILES string of the molecule is CCCn1nncc1C(N)c1ccc(C)c(Cl)c1. The van der Waals surface area contributed by atoms with E-state index >= 15 is 0 Å².